The second-order valence-electron chi connectivity index (χ2n) is 3.65. The SMILES string of the molecule is O=c1c2cn[nH]c2ccn1-c1cc(Cl)ncc1F. The number of hydrogen-bond acceptors (Lipinski definition) is 3. The summed E-state index contributed by atoms with van der Waals surface area (Å²) in [7, 11) is 0. The van der Waals surface area contributed by atoms with Gasteiger partial charge < -0.3 is 0 Å². The maximum atomic E-state index is 13.7. The minimum atomic E-state index is -0.621. The van der Waals surface area contributed by atoms with Crippen molar-refractivity contribution < 1.29 is 4.39 Å². The van der Waals surface area contributed by atoms with Crippen molar-refractivity contribution in [1.29, 1.82) is 0 Å². The van der Waals surface area contributed by atoms with E-state index in [4.69, 9.17) is 11.6 Å². The Labute approximate surface area is 105 Å². The third-order valence-corrected chi connectivity index (χ3v) is 2.78. The standard InChI is InChI=1S/C11H6ClFN4O/c12-10-3-9(7(13)5-14-10)17-2-1-8-6(11(17)18)4-15-16-8/h1-5H,(H,15,16). The molecule has 0 aliphatic heterocycles. The number of aromatic nitrogens is 4. The number of nitrogens with zero attached hydrogens (tertiary/aromatic N) is 3. The highest BCUT2D eigenvalue weighted by Gasteiger charge is 2.10. The van der Waals surface area contributed by atoms with E-state index in [1.54, 1.807) is 6.07 Å². The molecule has 0 aliphatic rings. The lowest BCUT2D eigenvalue weighted by atomic mass is 10.3. The number of aromatic amines is 1. The number of fused-ring (bicyclic) bond motifs is 1. The first-order valence-corrected chi connectivity index (χ1v) is 5.41. The van der Waals surface area contributed by atoms with Gasteiger partial charge in [0, 0.05) is 12.3 Å². The smallest absolute Gasteiger partial charge is 0.266 e. The van der Waals surface area contributed by atoms with Crippen LogP contribution in [0.5, 0.6) is 0 Å². The zero-order chi connectivity index (χ0) is 12.7. The first kappa shape index (κ1) is 10.9. The van der Waals surface area contributed by atoms with Crippen LogP contribution in [0.25, 0.3) is 16.6 Å². The largest absolute Gasteiger partial charge is 0.280 e. The molecule has 0 aromatic carbocycles. The Morgan fingerprint density at radius 1 is 1.39 bits per heavy atom. The van der Waals surface area contributed by atoms with Gasteiger partial charge in [0.25, 0.3) is 5.56 Å². The molecule has 0 bridgehead atoms. The lowest BCUT2D eigenvalue weighted by molar-refractivity contribution is 0.610. The fraction of sp³-hybridized carbons (Fsp3) is 0. The van der Waals surface area contributed by atoms with Crippen molar-refractivity contribution in [2.45, 2.75) is 0 Å². The van der Waals surface area contributed by atoms with Gasteiger partial charge in [0.1, 0.15) is 5.15 Å². The van der Waals surface area contributed by atoms with E-state index in [-0.39, 0.29) is 16.4 Å². The van der Waals surface area contributed by atoms with Crippen molar-refractivity contribution in [2.24, 2.45) is 0 Å². The lowest BCUT2D eigenvalue weighted by Crippen LogP contribution is -2.18. The van der Waals surface area contributed by atoms with Crippen LogP contribution in [0.3, 0.4) is 0 Å². The molecule has 7 heteroatoms. The van der Waals surface area contributed by atoms with E-state index >= 15 is 0 Å². The van der Waals surface area contributed by atoms with Crippen LogP contribution in [0.15, 0.2) is 35.5 Å². The van der Waals surface area contributed by atoms with Crippen molar-refractivity contribution in [3.63, 3.8) is 0 Å². The molecule has 1 N–H and O–H groups in total. The molecule has 3 heterocycles. The maximum absolute atomic E-state index is 13.7. The summed E-state index contributed by atoms with van der Waals surface area (Å²) in [4.78, 5) is 15.7. The van der Waals surface area contributed by atoms with Crippen LogP contribution in [0.1, 0.15) is 0 Å². The Bertz CT molecular complexity index is 795. The molecule has 3 aromatic rings. The molecule has 0 fully saturated rings. The molecule has 3 aromatic heterocycles. The van der Waals surface area contributed by atoms with Gasteiger partial charge in [0.15, 0.2) is 5.82 Å². The van der Waals surface area contributed by atoms with Gasteiger partial charge in [0.2, 0.25) is 0 Å². The first-order chi connectivity index (χ1) is 8.66. The second kappa shape index (κ2) is 3.92. The van der Waals surface area contributed by atoms with Crippen LogP contribution in [0.2, 0.25) is 5.15 Å². The zero-order valence-corrected chi connectivity index (χ0v) is 9.65. The van der Waals surface area contributed by atoms with E-state index in [2.05, 4.69) is 15.2 Å². The summed E-state index contributed by atoms with van der Waals surface area (Å²) < 4.78 is 14.8. The van der Waals surface area contributed by atoms with Gasteiger partial charge in [-0.15, -0.1) is 0 Å². The molecule has 90 valence electrons. The minimum Gasteiger partial charge on any atom is -0.280 e. The summed E-state index contributed by atoms with van der Waals surface area (Å²) in [5.74, 6) is -0.621. The van der Waals surface area contributed by atoms with Crippen molar-refractivity contribution in [3.8, 4) is 5.69 Å². The van der Waals surface area contributed by atoms with Crippen molar-refractivity contribution in [1.82, 2.24) is 19.7 Å². The van der Waals surface area contributed by atoms with Crippen LogP contribution in [0.4, 0.5) is 4.39 Å². The van der Waals surface area contributed by atoms with E-state index in [0.29, 0.717) is 10.9 Å². The maximum Gasteiger partial charge on any atom is 0.266 e. The molecule has 5 nitrogen and oxygen atoms in total. The number of halogens is 2. The topological polar surface area (TPSA) is 63.6 Å². The Morgan fingerprint density at radius 2 is 2.22 bits per heavy atom. The highest BCUT2D eigenvalue weighted by Crippen LogP contribution is 2.16. The molecule has 0 unspecified atom stereocenters. The Hall–Kier alpha value is -2.21. The normalized spacial score (nSPS) is 11.0. The molecule has 0 radical (unpaired) electrons. The summed E-state index contributed by atoms with van der Waals surface area (Å²) in [6, 6.07) is 2.93. The van der Waals surface area contributed by atoms with Crippen LogP contribution in [-0.2, 0) is 0 Å². The van der Waals surface area contributed by atoms with E-state index in [0.717, 1.165) is 6.20 Å². The third-order valence-electron chi connectivity index (χ3n) is 2.57. The zero-order valence-electron chi connectivity index (χ0n) is 8.89. The fourth-order valence-electron chi connectivity index (χ4n) is 1.72. The van der Waals surface area contributed by atoms with Crippen LogP contribution >= 0.6 is 11.6 Å². The molecule has 0 amide bonds. The molecular weight excluding hydrogens is 259 g/mol. The average Bonchev–Trinajstić information content (AvgIpc) is 2.82. The van der Waals surface area contributed by atoms with Gasteiger partial charge in [-0.25, -0.2) is 9.37 Å². The lowest BCUT2D eigenvalue weighted by Gasteiger charge is -2.06. The van der Waals surface area contributed by atoms with Gasteiger partial charge in [0.05, 0.1) is 29.0 Å². The van der Waals surface area contributed by atoms with Gasteiger partial charge in [-0.3, -0.25) is 14.5 Å². The predicted molar refractivity (Wildman–Crippen MR) is 64.5 cm³/mol. The monoisotopic (exact) mass is 264 g/mol. The molecule has 0 saturated heterocycles. The summed E-state index contributed by atoms with van der Waals surface area (Å²) in [6.45, 7) is 0. The van der Waals surface area contributed by atoms with Gasteiger partial charge in [-0.05, 0) is 6.07 Å². The molecule has 0 atom stereocenters. The van der Waals surface area contributed by atoms with E-state index in [1.165, 1.54) is 23.0 Å². The summed E-state index contributed by atoms with van der Waals surface area (Å²) in [5, 5.41) is 6.93. The molecule has 18 heavy (non-hydrogen) atoms. The predicted octanol–water partition coefficient (Wildman–Crippen LogP) is 1.90. The second-order valence-corrected chi connectivity index (χ2v) is 4.03. The third kappa shape index (κ3) is 1.58. The van der Waals surface area contributed by atoms with E-state index in [9.17, 15) is 9.18 Å². The number of hydrogen-bond donors (Lipinski definition) is 1. The Morgan fingerprint density at radius 3 is 3.06 bits per heavy atom. The molecule has 3 rings (SSSR count). The summed E-state index contributed by atoms with van der Waals surface area (Å²) in [6.07, 6.45) is 3.83. The van der Waals surface area contributed by atoms with Gasteiger partial charge >= 0.3 is 0 Å². The molecular formula is C11H6ClFN4O. The van der Waals surface area contributed by atoms with Crippen molar-refractivity contribution in [2.75, 3.05) is 0 Å². The number of nitrogens with one attached hydrogen (secondary N) is 1. The summed E-state index contributed by atoms with van der Waals surface area (Å²) in [5.41, 5.74) is 0.280. The number of H-pyrrole nitrogens is 1. The van der Waals surface area contributed by atoms with Crippen molar-refractivity contribution >= 4 is 22.5 Å². The molecule has 0 saturated carbocycles. The van der Waals surface area contributed by atoms with Gasteiger partial charge in [-0.1, -0.05) is 11.6 Å². The van der Waals surface area contributed by atoms with Gasteiger partial charge in [-0.2, -0.15) is 5.10 Å². The average molecular weight is 265 g/mol. The van der Waals surface area contributed by atoms with Crippen LogP contribution < -0.4 is 5.56 Å². The Kier molecular flexibility index (Phi) is 2.38. The van der Waals surface area contributed by atoms with Crippen LogP contribution in [-0.4, -0.2) is 19.7 Å². The first-order valence-electron chi connectivity index (χ1n) is 5.03. The van der Waals surface area contributed by atoms with E-state index < -0.39 is 5.82 Å². The minimum absolute atomic E-state index is 0.0584. The quantitative estimate of drug-likeness (QED) is 0.683. The fourth-order valence-corrected chi connectivity index (χ4v) is 1.87. The van der Waals surface area contributed by atoms with Crippen LogP contribution in [0, 0.1) is 5.82 Å². The number of pyridine rings is 2. The summed E-state index contributed by atoms with van der Waals surface area (Å²) >= 11 is 5.70. The molecule has 0 spiro atoms. The highest BCUT2D eigenvalue weighted by molar-refractivity contribution is 6.29. The highest BCUT2D eigenvalue weighted by atomic mass is 35.5. The van der Waals surface area contributed by atoms with Crippen molar-refractivity contribution in [3.05, 3.63) is 52.0 Å². The molecule has 0 aliphatic carbocycles. The number of rotatable bonds is 1. The van der Waals surface area contributed by atoms with E-state index in [1.807, 2.05) is 0 Å². The Balaban J connectivity index is 2.34.